The fourth-order valence-electron chi connectivity index (χ4n) is 1.81. The number of esters is 1. The summed E-state index contributed by atoms with van der Waals surface area (Å²) in [5.41, 5.74) is 1.78. The SMILES string of the molecule is COC(=O)/C(C#N)=C/c1ccc(OCc2ccccc2)cc1. The predicted octanol–water partition coefficient (Wildman–Crippen LogP) is 3.35. The molecule has 110 valence electrons. The standard InChI is InChI=1S/C18H15NO3/c1-21-18(20)16(12-19)11-14-7-9-17(10-8-14)22-13-15-5-3-2-4-6-15/h2-11H,13H2,1H3/b16-11+. The minimum Gasteiger partial charge on any atom is -0.489 e. The molecule has 0 N–H and O–H groups in total. The molecule has 0 unspecified atom stereocenters. The first kappa shape index (κ1) is 15.3. The van der Waals surface area contributed by atoms with Crippen molar-refractivity contribution in [3.05, 3.63) is 71.3 Å². The fourth-order valence-corrected chi connectivity index (χ4v) is 1.81. The molecule has 22 heavy (non-hydrogen) atoms. The second kappa shape index (κ2) is 7.65. The van der Waals surface area contributed by atoms with E-state index in [9.17, 15) is 4.79 Å². The van der Waals surface area contributed by atoms with Crippen molar-refractivity contribution in [1.29, 1.82) is 5.26 Å². The number of ether oxygens (including phenoxy) is 2. The number of rotatable bonds is 5. The van der Waals surface area contributed by atoms with Crippen LogP contribution in [0.3, 0.4) is 0 Å². The van der Waals surface area contributed by atoms with Gasteiger partial charge in [0, 0.05) is 0 Å². The molecular formula is C18H15NO3. The van der Waals surface area contributed by atoms with Crippen LogP contribution in [0.4, 0.5) is 0 Å². The second-order valence-electron chi connectivity index (χ2n) is 4.50. The predicted molar refractivity (Wildman–Crippen MR) is 82.8 cm³/mol. The molecule has 0 heterocycles. The third kappa shape index (κ3) is 4.22. The molecule has 0 amide bonds. The van der Waals surface area contributed by atoms with Crippen LogP contribution in [0.2, 0.25) is 0 Å². The quantitative estimate of drug-likeness (QED) is 0.482. The molecular weight excluding hydrogens is 278 g/mol. The van der Waals surface area contributed by atoms with Gasteiger partial charge in [-0.05, 0) is 29.3 Å². The number of benzene rings is 2. The van der Waals surface area contributed by atoms with Crippen molar-refractivity contribution in [3.63, 3.8) is 0 Å². The van der Waals surface area contributed by atoms with Crippen LogP contribution in [0.25, 0.3) is 6.08 Å². The van der Waals surface area contributed by atoms with Gasteiger partial charge in [0.1, 0.15) is 24.0 Å². The number of hydrogen-bond acceptors (Lipinski definition) is 4. The van der Waals surface area contributed by atoms with E-state index in [0.29, 0.717) is 6.61 Å². The van der Waals surface area contributed by atoms with Gasteiger partial charge in [0.25, 0.3) is 0 Å². The lowest BCUT2D eigenvalue weighted by atomic mass is 10.1. The number of hydrogen-bond donors (Lipinski definition) is 0. The Morgan fingerprint density at radius 1 is 1.14 bits per heavy atom. The molecule has 4 nitrogen and oxygen atoms in total. The van der Waals surface area contributed by atoms with E-state index in [4.69, 9.17) is 10.00 Å². The summed E-state index contributed by atoms with van der Waals surface area (Å²) >= 11 is 0. The maximum absolute atomic E-state index is 11.3. The van der Waals surface area contributed by atoms with Gasteiger partial charge in [-0.15, -0.1) is 0 Å². The Hall–Kier alpha value is -3.06. The van der Waals surface area contributed by atoms with E-state index in [2.05, 4.69) is 4.74 Å². The van der Waals surface area contributed by atoms with Gasteiger partial charge in [-0.1, -0.05) is 42.5 Å². The molecule has 0 aromatic heterocycles. The Balaban J connectivity index is 2.03. The maximum Gasteiger partial charge on any atom is 0.348 e. The molecule has 2 aromatic rings. The molecule has 2 aromatic carbocycles. The van der Waals surface area contributed by atoms with Crippen LogP contribution in [0.15, 0.2) is 60.2 Å². The molecule has 0 saturated heterocycles. The van der Waals surface area contributed by atoms with Crippen molar-refractivity contribution >= 4 is 12.0 Å². The molecule has 0 aliphatic rings. The van der Waals surface area contributed by atoms with Gasteiger partial charge in [0.05, 0.1) is 7.11 Å². The van der Waals surface area contributed by atoms with Gasteiger partial charge in [0.2, 0.25) is 0 Å². The molecule has 0 saturated carbocycles. The van der Waals surface area contributed by atoms with Gasteiger partial charge in [0.15, 0.2) is 0 Å². The van der Waals surface area contributed by atoms with Gasteiger partial charge < -0.3 is 9.47 Å². The highest BCUT2D eigenvalue weighted by Crippen LogP contribution is 2.16. The summed E-state index contributed by atoms with van der Waals surface area (Å²) in [6, 6.07) is 18.8. The van der Waals surface area contributed by atoms with E-state index < -0.39 is 5.97 Å². The smallest absolute Gasteiger partial charge is 0.348 e. The molecule has 0 radical (unpaired) electrons. The first-order chi connectivity index (χ1) is 10.7. The largest absolute Gasteiger partial charge is 0.489 e. The van der Waals surface area contributed by atoms with E-state index in [1.54, 1.807) is 24.3 Å². The second-order valence-corrected chi connectivity index (χ2v) is 4.50. The van der Waals surface area contributed by atoms with Crippen molar-refractivity contribution < 1.29 is 14.3 Å². The highest BCUT2D eigenvalue weighted by atomic mass is 16.5. The summed E-state index contributed by atoms with van der Waals surface area (Å²) in [4.78, 5) is 11.3. The zero-order valence-corrected chi connectivity index (χ0v) is 12.2. The molecule has 0 fully saturated rings. The van der Waals surface area contributed by atoms with Gasteiger partial charge >= 0.3 is 5.97 Å². The average molecular weight is 293 g/mol. The summed E-state index contributed by atoms with van der Waals surface area (Å²) in [6.45, 7) is 0.488. The number of methoxy groups -OCH3 is 1. The van der Waals surface area contributed by atoms with Gasteiger partial charge in [-0.3, -0.25) is 0 Å². The third-order valence-electron chi connectivity index (χ3n) is 2.97. The Morgan fingerprint density at radius 3 is 2.41 bits per heavy atom. The van der Waals surface area contributed by atoms with Crippen molar-refractivity contribution in [2.75, 3.05) is 7.11 Å². The molecule has 0 spiro atoms. The van der Waals surface area contributed by atoms with Crippen LogP contribution >= 0.6 is 0 Å². The lowest BCUT2D eigenvalue weighted by molar-refractivity contribution is -0.135. The Morgan fingerprint density at radius 2 is 1.82 bits per heavy atom. The lowest BCUT2D eigenvalue weighted by Gasteiger charge is -2.06. The Bertz CT molecular complexity index is 697. The highest BCUT2D eigenvalue weighted by molar-refractivity contribution is 5.97. The maximum atomic E-state index is 11.3. The van der Waals surface area contributed by atoms with E-state index >= 15 is 0 Å². The Labute approximate surface area is 129 Å². The minimum atomic E-state index is -0.646. The number of carbonyl (C=O) groups is 1. The summed E-state index contributed by atoms with van der Waals surface area (Å²) in [5.74, 6) is 0.0736. The Kier molecular flexibility index (Phi) is 5.33. The third-order valence-corrected chi connectivity index (χ3v) is 2.97. The summed E-state index contributed by atoms with van der Waals surface area (Å²) in [7, 11) is 1.24. The summed E-state index contributed by atoms with van der Waals surface area (Å²) < 4.78 is 10.2. The zero-order valence-electron chi connectivity index (χ0n) is 12.2. The monoisotopic (exact) mass is 293 g/mol. The fraction of sp³-hybridized carbons (Fsp3) is 0.111. The molecule has 4 heteroatoms. The van der Waals surface area contributed by atoms with Crippen LogP contribution in [-0.4, -0.2) is 13.1 Å². The van der Waals surface area contributed by atoms with Crippen molar-refractivity contribution in [2.24, 2.45) is 0 Å². The molecule has 0 atom stereocenters. The van der Waals surface area contributed by atoms with Crippen LogP contribution in [0.1, 0.15) is 11.1 Å². The van der Waals surface area contributed by atoms with Crippen molar-refractivity contribution in [2.45, 2.75) is 6.61 Å². The average Bonchev–Trinajstić information content (AvgIpc) is 2.59. The van der Waals surface area contributed by atoms with E-state index in [0.717, 1.165) is 16.9 Å². The zero-order chi connectivity index (χ0) is 15.8. The molecule has 0 aliphatic carbocycles. The number of nitrogens with zero attached hydrogens (tertiary/aromatic N) is 1. The van der Waals surface area contributed by atoms with Crippen LogP contribution in [0, 0.1) is 11.3 Å². The van der Waals surface area contributed by atoms with Crippen LogP contribution in [-0.2, 0) is 16.1 Å². The lowest BCUT2D eigenvalue weighted by Crippen LogP contribution is -2.02. The minimum absolute atomic E-state index is 0.0412. The summed E-state index contributed by atoms with van der Waals surface area (Å²) in [6.07, 6.45) is 1.48. The summed E-state index contributed by atoms with van der Waals surface area (Å²) in [5, 5.41) is 8.91. The van der Waals surface area contributed by atoms with Crippen molar-refractivity contribution in [1.82, 2.24) is 0 Å². The van der Waals surface area contributed by atoms with E-state index in [-0.39, 0.29) is 5.57 Å². The van der Waals surface area contributed by atoms with E-state index in [1.165, 1.54) is 13.2 Å². The number of nitriles is 1. The van der Waals surface area contributed by atoms with Gasteiger partial charge in [-0.2, -0.15) is 5.26 Å². The van der Waals surface area contributed by atoms with E-state index in [1.807, 2.05) is 36.4 Å². The molecule has 0 bridgehead atoms. The first-order valence-corrected chi connectivity index (χ1v) is 6.70. The topological polar surface area (TPSA) is 59.3 Å². The van der Waals surface area contributed by atoms with Crippen LogP contribution in [0.5, 0.6) is 5.75 Å². The first-order valence-electron chi connectivity index (χ1n) is 6.70. The normalized spacial score (nSPS) is 10.6. The van der Waals surface area contributed by atoms with Crippen molar-refractivity contribution in [3.8, 4) is 11.8 Å². The van der Waals surface area contributed by atoms with Gasteiger partial charge in [-0.25, -0.2) is 4.79 Å². The molecule has 2 rings (SSSR count). The molecule has 0 aliphatic heterocycles. The number of carbonyl (C=O) groups excluding carboxylic acids is 1. The van der Waals surface area contributed by atoms with Crippen LogP contribution < -0.4 is 4.74 Å². The highest BCUT2D eigenvalue weighted by Gasteiger charge is 2.08.